The predicted molar refractivity (Wildman–Crippen MR) is 119 cm³/mol. The number of piperidine rings is 1. The molecule has 2 aromatic carbocycles. The predicted octanol–water partition coefficient (Wildman–Crippen LogP) is 3.61. The van der Waals surface area contributed by atoms with E-state index in [4.69, 9.17) is 4.42 Å². The Hall–Kier alpha value is -3.61. The van der Waals surface area contributed by atoms with E-state index in [9.17, 15) is 4.79 Å². The van der Waals surface area contributed by atoms with Crippen LogP contribution in [0.4, 0.5) is 6.01 Å². The van der Waals surface area contributed by atoms with Gasteiger partial charge in [-0.25, -0.2) is 4.98 Å². The first-order chi connectivity index (χ1) is 15.3. The average molecular weight is 415 g/mol. The molecule has 0 atom stereocenters. The van der Waals surface area contributed by atoms with Crippen molar-refractivity contribution in [1.82, 2.24) is 19.9 Å². The van der Waals surface area contributed by atoms with Gasteiger partial charge in [0.15, 0.2) is 5.58 Å². The zero-order valence-corrected chi connectivity index (χ0v) is 17.3. The highest BCUT2D eigenvalue weighted by atomic mass is 16.4. The molecular formula is C24H25N5O2. The molecule has 4 aromatic rings. The minimum absolute atomic E-state index is 0.0152. The number of para-hydroxylation sites is 2. The summed E-state index contributed by atoms with van der Waals surface area (Å²) in [6, 6.07) is 16.6. The smallest absolute Gasteiger partial charge is 0.298 e. The number of amides is 1. The van der Waals surface area contributed by atoms with Gasteiger partial charge in [-0.1, -0.05) is 36.4 Å². The SMILES string of the molecule is O=C(NCc1ccccc1Cn1ccnc1)C1CCN(c2nc3ccccc3o2)CC1. The second-order valence-electron chi connectivity index (χ2n) is 7.95. The maximum atomic E-state index is 12.8. The molecule has 2 aromatic heterocycles. The largest absolute Gasteiger partial charge is 0.423 e. The van der Waals surface area contributed by atoms with E-state index < -0.39 is 0 Å². The van der Waals surface area contributed by atoms with E-state index >= 15 is 0 Å². The molecule has 7 heteroatoms. The van der Waals surface area contributed by atoms with E-state index in [1.54, 1.807) is 12.5 Å². The number of nitrogens with zero attached hydrogens (tertiary/aromatic N) is 4. The number of benzene rings is 2. The average Bonchev–Trinajstić information content (AvgIpc) is 3.48. The van der Waals surface area contributed by atoms with Crippen LogP contribution >= 0.6 is 0 Å². The Morgan fingerprint density at radius 3 is 2.61 bits per heavy atom. The number of fused-ring (bicyclic) bond motifs is 1. The summed E-state index contributed by atoms with van der Waals surface area (Å²) in [6.07, 6.45) is 7.11. The maximum absolute atomic E-state index is 12.8. The third-order valence-corrected chi connectivity index (χ3v) is 5.90. The first-order valence-corrected chi connectivity index (χ1v) is 10.7. The first-order valence-electron chi connectivity index (χ1n) is 10.7. The van der Waals surface area contributed by atoms with Crippen LogP contribution in [0.15, 0.2) is 71.7 Å². The molecule has 31 heavy (non-hydrogen) atoms. The molecular weight excluding hydrogens is 390 g/mol. The van der Waals surface area contributed by atoms with Crippen molar-refractivity contribution in [3.8, 4) is 0 Å². The van der Waals surface area contributed by atoms with E-state index in [0.717, 1.165) is 49.1 Å². The number of oxazole rings is 1. The van der Waals surface area contributed by atoms with Crippen molar-refractivity contribution in [1.29, 1.82) is 0 Å². The monoisotopic (exact) mass is 415 g/mol. The fourth-order valence-electron chi connectivity index (χ4n) is 4.12. The molecule has 0 saturated carbocycles. The maximum Gasteiger partial charge on any atom is 0.298 e. The number of hydrogen-bond donors (Lipinski definition) is 1. The summed E-state index contributed by atoms with van der Waals surface area (Å²) >= 11 is 0. The van der Waals surface area contributed by atoms with E-state index in [1.165, 1.54) is 5.56 Å². The van der Waals surface area contributed by atoms with Crippen molar-refractivity contribution in [2.45, 2.75) is 25.9 Å². The molecule has 0 bridgehead atoms. The van der Waals surface area contributed by atoms with Crippen LogP contribution in [-0.4, -0.2) is 33.5 Å². The molecule has 0 radical (unpaired) electrons. The lowest BCUT2D eigenvalue weighted by Gasteiger charge is -2.30. The van der Waals surface area contributed by atoms with E-state index in [-0.39, 0.29) is 11.8 Å². The quantitative estimate of drug-likeness (QED) is 0.521. The number of hydrogen-bond acceptors (Lipinski definition) is 5. The summed E-state index contributed by atoms with van der Waals surface area (Å²) in [4.78, 5) is 23.6. The number of imidazole rings is 1. The molecule has 158 valence electrons. The normalized spacial score (nSPS) is 14.8. The first kappa shape index (κ1) is 19.4. The fourth-order valence-corrected chi connectivity index (χ4v) is 4.12. The zero-order chi connectivity index (χ0) is 21.0. The van der Waals surface area contributed by atoms with Crippen LogP contribution in [0.2, 0.25) is 0 Å². The summed E-state index contributed by atoms with van der Waals surface area (Å²) < 4.78 is 7.90. The Labute approximate surface area is 180 Å². The summed E-state index contributed by atoms with van der Waals surface area (Å²) in [5.41, 5.74) is 3.98. The Bertz CT molecular complexity index is 1130. The number of rotatable bonds is 6. The van der Waals surface area contributed by atoms with Gasteiger partial charge in [0.05, 0.1) is 6.33 Å². The van der Waals surface area contributed by atoms with Gasteiger partial charge in [0.2, 0.25) is 5.91 Å². The Balaban J connectivity index is 1.16. The number of carbonyl (C=O) groups excluding carboxylic acids is 1. The van der Waals surface area contributed by atoms with Crippen molar-refractivity contribution >= 4 is 23.0 Å². The van der Waals surface area contributed by atoms with Gasteiger partial charge in [-0.2, -0.15) is 4.98 Å². The molecule has 5 rings (SSSR count). The van der Waals surface area contributed by atoms with Crippen molar-refractivity contribution < 1.29 is 9.21 Å². The molecule has 3 heterocycles. The van der Waals surface area contributed by atoms with Gasteiger partial charge in [0.25, 0.3) is 6.01 Å². The van der Waals surface area contributed by atoms with E-state index in [1.807, 2.05) is 47.2 Å². The molecule has 1 aliphatic heterocycles. The number of nitrogens with one attached hydrogen (secondary N) is 1. The Morgan fingerprint density at radius 1 is 1.06 bits per heavy atom. The van der Waals surface area contributed by atoms with E-state index in [2.05, 4.69) is 32.3 Å². The summed E-state index contributed by atoms with van der Waals surface area (Å²) in [6.45, 7) is 2.81. The van der Waals surface area contributed by atoms with Crippen LogP contribution in [0.3, 0.4) is 0 Å². The van der Waals surface area contributed by atoms with Crippen LogP contribution in [0, 0.1) is 5.92 Å². The minimum atomic E-state index is 0.0152. The van der Waals surface area contributed by atoms with Gasteiger partial charge >= 0.3 is 0 Å². The second kappa shape index (κ2) is 8.63. The lowest BCUT2D eigenvalue weighted by atomic mass is 9.96. The molecule has 7 nitrogen and oxygen atoms in total. The highest BCUT2D eigenvalue weighted by Crippen LogP contribution is 2.26. The summed E-state index contributed by atoms with van der Waals surface area (Å²) in [7, 11) is 0. The topological polar surface area (TPSA) is 76.2 Å². The van der Waals surface area contributed by atoms with Crippen LogP contribution in [0.25, 0.3) is 11.1 Å². The van der Waals surface area contributed by atoms with Crippen molar-refractivity contribution in [3.63, 3.8) is 0 Å². The van der Waals surface area contributed by atoms with Crippen LogP contribution in [0.1, 0.15) is 24.0 Å². The van der Waals surface area contributed by atoms with Crippen LogP contribution < -0.4 is 10.2 Å². The lowest BCUT2D eigenvalue weighted by Crippen LogP contribution is -2.40. The Kier molecular flexibility index (Phi) is 5.39. The molecule has 1 N–H and O–H groups in total. The number of anilines is 1. The summed E-state index contributed by atoms with van der Waals surface area (Å²) in [5.74, 6) is 0.135. The van der Waals surface area contributed by atoms with Crippen molar-refractivity contribution in [3.05, 3.63) is 78.4 Å². The third kappa shape index (κ3) is 4.30. The fraction of sp³-hybridized carbons (Fsp3) is 0.292. The molecule has 1 saturated heterocycles. The van der Waals surface area contributed by atoms with Crippen molar-refractivity contribution in [2.24, 2.45) is 5.92 Å². The molecule has 0 spiro atoms. The lowest BCUT2D eigenvalue weighted by molar-refractivity contribution is -0.125. The van der Waals surface area contributed by atoms with Crippen molar-refractivity contribution in [2.75, 3.05) is 18.0 Å². The van der Waals surface area contributed by atoms with Gasteiger partial charge in [0.1, 0.15) is 5.52 Å². The molecule has 0 unspecified atom stereocenters. The highest BCUT2D eigenvalue weighted by Gasteiger charge is 2.27. The molecule has 1 aliphatic rings. The number of carbonyl (C=O) groups is 1. The van der Waals surface area contributed by atoms with E-state index in [0.29, 0.717) is 12.6 Å². The van der Waals surface area contributed by atoms with Crippen LogP contribution in [0.5, 0.6) is 0 Å². The highest BCUT2D eigenvalue weighted by molar-refractivity contribution is 5.79. The van der Waals surface area contributed by atoms with Gasteiger partial charge < -0.3 is 19.2 Å². The minimum Gasteiger partial charge on any atom is -0.423 e. The molecule has 1 fully saturated rings. The third-order valence-electron chi connectivity index (χ3n) is 5.90. The number of aromatic nitrogens is 3. The molecule has 0 aliphatic carbocycles. The van der Waals surface area contributed by atoms with Gasteiger partial charge in [-0.3, -0.25) is 4.79 Å². The zero-order valence-electron chi connectivity index (χ0n) is 17.3. The van der Waals surface area contributed by atoms with Gasteiger partial charge in [-0.05, 0) is 36.1 Å². The Morgan fingerprint density at radius 2 is 1.84 bits per heavy atom. The standard InChI is InChI=1S/C24H25N5O2/c30-23(26-15-19-5-1-2-6-20(19)16-28-14-11-25-17-28)18-9-12-29(13-10-18)24-27-21-7-3-4-8-22(21)31-24/h1-8,11,14,17-18H,9-10,12-13,15-16H2,(H,26,30). The van der Waals surface area contributed by atoms with Gasteiger partial charge in [0, 0.05) is 44.5 Å². The van der Waals surface area contributed by atoms with Crippen LogP contribution in [-0.2, 0) is 17.9 Å². The van der Waals surface area contributed by atoms with Gasteiger partial charge in [-0.15, -0.1) is 0 Å². The summed E-state index contributed by atoms with van der Waals surface area (Å²) in [5, 5.41) is 3.14. The second-order valence-corrected chi connectivity index (χ2v) is 7.95. The molecule has 1 amide bonds.